The standard InChI is InChI=1S/C22H23NO4/c1-3-26-22(25)17(13-16-9-5-4-6-10-16)14-23-21(24)20-15(2)18-11-7-8-12-19(18)27-20/h4-12,17H,3,13-14H2,1-2H3,(H,23,24). The lowest BCUT2D eigenvalue weighted by Gasteiger charge is -2.16. The maximum absolute atomic E-state index is 12.6. The van der Waals surface area contributed by atoms with Crippen LogP contribution in [-0.2, 0) is 16.0 Å². The predicted octanol–water partition coefficient (Wildman–Crippen LogP) is 3.89. The van der Waals surface area contributed by atoms with Gasteiger partial charge < -0.3 is 14.5 Å². The van der Waals surface area contributed by atoms with Gasteiger partial charge in [-0.25, -0.2) is 0 Å². The molecule has 0 spiro atoms. The molecule has 3 aromatic rings. The molecular formula is C22H23NO4. The van der Waals surface area contributed by atoms with E-state index in [1.807, 2.05) is 61.5 Å². The second-order valence-corrected chi connectivity index (χ2v) is 6.40. The first-order valence-corrected chi connectivity index (χ1v) is 9.07. The van der Waals surface area contributed by atoms with Crippen molar-refractivity contribution in [2.24, 2.45) is 5.92 Å². The van der Waals surface area contributed by atoms with Crippen LogP contribution in [0, 0.1) is 12.8 Å². The number of nitrogens with one attached hydrogen (secondary N) is 1. The molecule has 0 saturated carbocycles. The molecule has 0 radical (unpaired) electrons. The van der Waals surface area contributed by atoms with Crippen LogP contribution in [0.4, 0.5) is 0 Å². The fraction of sp³-hybridized carbons (Fsp3) is 0.273. The van der Waals surface area contributed by atoms with E-state index in [1.165, 1.54) is 0 Å². The number of ether oxygens (including phenoxy) is 1. The summed E-state index contributed by atoms with van der Waals surface area (Å²) in [7, 11) is 0. The largest absolute Gasteiger partial charge is 0.466 e. The molecule has 1 atom stereocenters. The van der Waals surface area contributed by atoms with E-state index in [1.54, 1.807) is 6.92 Å². The summed E-state index contributed by atoms with van der Waals surface area (Å²) in [5, 5.41) is 3.74. The first kappa shape index (κ1) is 18.7. The number of esters is 1. The maximum Gasteiger partial charge on any atom is 0.311 e. The number of carbonyl (C=O) groups excluding carboxylic acids is 2. The summed E-state index contributed by atoms with van der Waals surface area (Å²) in [4.78, 5) is 24.9. The van der Waals surface area contributed by atoms with Gasteiger partial charge in [0.05, 0.1) is 12.5 Å². The van der Waals surface area contributed by atoms with Gasteiger partial charge in [0.25, 0.3) is 5.91 Å². The van der Waals surface area contributed by atoms with Crippen molar-refractivity contribution in [3.8, 4) is 0 Å². The van der Waals surface area contributed by atoms with Crippen molar-refractivity contribution in [3.63, 3.8) is 0 Å². The molecule has 0 bridgehead atoms. The van der Waals surface area contributed by atoms with Gasteiger partial charge in [0.1, 0.15) is 5.58 Å². The van der Waals surface area contributed by atoms with Crippen molar-refractivity contribution >= 4 is 22.8 Å². The summed E-state index contributed by atoms with van der Waals surface area (Å²) in [5.41, 5.74) is 2.48. The van der Waals surface area contributed by atoms with Crippen LogP contribution in [0.25, 0.3) is 11.0 Å². The average Bonchev–Trinajstić information content (AvgIpc) is 3.03. The minimum Gasteiger partial charge on any atom is -0.466 e. The zero-order valence-corrected chi connectivity index (χ0v) is 15.5. The van der Waals surface area contributed by atoms with Crippen LogP contribution in [-0.4, -0.2) is 25.0 Å². The molecule has 0 aliphatic rings. The topological polar surface area (TPSA) is 68.5 Å². The van der Waals surface area contributed by atoms with Crippen LogP contribution < -0.4 is 5.32 Å². The van der Waals surface area contributed by atoms with Crippen molar-refractivity contribution in [1.29, 1.82) is 0 Å². The maximum atomic E-state index is 12.6. The monoisotopic (exact) mass is 365 g/mol. The van der Waals surface area contributed by atoms with Crippen LogP contribution in [0.5, 0.6) is 0 Å². The van der Waals surface area contributed by atoms with Gasteiger partial charge >= 0.3 is 5.97 Å². The number of hydrogen-bond donors (Lipinski definition) is 1. The summed E-state index contributed by atoms with van der Waals surface area (Å²) in [6, 6.07) is 17.2. The molecule has 0 aliphatic heterocycles. The second-order valence-electron chi connectivity index (χ2n) is 6.40. The van der Waals surface area contributed by atoms with Crippen molar-refractivity contribution in [2.75, 3.05) is 13.2 Å². The molecule has 1 heterocycles. The van der Waals surface area contributed by atoms with E-state index >= 15 is 0 Å². The Morgan fingerprint density at radius 1 is 1.07 bits per heavy atom. The highest BCUT2D eigenvalue weighted by atomic mass is 16.5. The highest BCUT2D eigenvalue weighted by Gasteiger charge is 2.23. The molecule has 1 unspecified atom stereocenters. The van der Waals surface area contributed by atoms with Gasteiger partial charge in [0.15, 0.2) is 5.76 Å². The van der Waals surface area contributed by atoms with E-state index < -0.39 is 5.92 Å². The zero-order valence-electron chi connectivity index (χ0n) is 15.5. The number of carbonyl (C=O) groups is 2. The van der Waals surface area contributed by atoms with E-state index in [-0.39, 0.29) is 24.2 Å². The van der Waals surface area contributed by atoms with E-state index in [2.05, 4.69) is 5.32 Å². The Morgan fingerprint density at radius 3 is 2.48 bits per heavy atom. The lowest BCUT2D eigenvalue weighted by molar-refractivity contribution is -0.147. The normalized spacial score (nSPS) is 11.9. The average molecular weight is 365 g/mol. The number of benzene rings is 2. The third-order valence-corrected chi connectivity index (χ3v) is 4.50. The van der Waals surface area contributed by atoms with Crippen molar-refractivity contribution < 1.29 is 18.7 Å². The Morgan fingerprint density at radius 2 is 1.78 bits per heavy atom. The van der Waals surface area contributed by atoms with Crippen LogP contribution in [0.2, 0.25) is 0 Å². The Kier molecular flexibility index (Phi) is 5.91. The minimum atomic E-state index is -0.457. The Hall–Kier alpha value is -3.08. The first-order chi connectivity index (χ1) is 13.1. The molecule has 5 heteroatoms. The first-order valence-electron chi connectivity index (χ1n) is 9.07. The van der Waals surface area contributed by atoms with Gasteiger partial charge in [-0.2, -0.15) is 0 Å². The lowest BCUT2D eigenvalue weighted by Crippen LogP contribution is -2.35. The molecule has 2 aromatic carbocycles. The van der Waals surface area contributed by atoms with Gasteiger partial charge in [-0.15, -0.1) is 0 Å². The summed E-state index contributed by atoms with van der Waals surface area (Å²) >= 11 is 0. The molecule has 5 nitrogen and oxygen atoms in total. The molecule has 3 rings (SSSR count). The molecule has 0 fully saturated rings. The molecular weight excluding hydrogens is 342 g/mol. The van der Waals surface area contributed by atoms with Gasteiger partial charge in [0.2, 0.25) is 0 Å². The number of fused-ring (bicyclic) bond motifs is 1. The highest BCUT2D eigenvalue weighted by Crippen LogP contribution is 2.24. The number of rotatable bonds is 7. The third kappa shape index (κ3) is 4.37. The number of aryl methyl sites for hydroxylation is 1. The Balaban J connectivity index is 1.72. The van der Waals surface area contributed by atoms with E-state index in [0.29, 0.717) is 18.6 Å². The van der Waals surface area contributed by atoms with Gasteiger partial charge in [0, 0.05) is 17.5 Å². The van der Waals surface area contributed by atoms with Crippen LogP contribution >= 0.6 is 0 Å². The SMILES string of the molecule is CCOC(=O)C(CNC(=O)c1oc2ccccc2c1C)Cc1ccccc1. The Bertz CT molecular complexity index is 930. The smallest absolute Gasteiger partial charge is 0.311 e. The van der Waals surface area contributed by atoms with E-state index in [9.17, 15) is 9.59 Å². The fourth-order valence-corrected chi connectivity index (χ4v) is 3.08. The summed E-state index contributed by atoms with van der Waals surface area (Å²) in [5.74, 6) is -0.825. The van der Waals surface area contributed by atoms with Crippen molar-refractivity contribution in [1.82, 2.24) is 5.32 Å². The number of para-hydroxylation sites is 1. The van der Waals surface area contributed by atoms with Crippen LogP contribution in [0.15, 0.2) is 59.0 Å². The summed E-state index contributed by atoms with van der Waals surface area (Å²) in [6.45, 7) is 4.12. The predicted molar refractivity (Wildman–Crippen MR) is 104 cm³/mol. The Labute approximate surface area is 158 Å². The van der Waals surface area contributed by atoms with Crippen molar-refractivity contribution in [3.05, 3.63) is 71.5 Å². The minimum absolute atomic E-state index is 0.184. The molecule has 1 N–H and O–H groups in total. The zero-order chi connectivity index (χ0) is 19.2. The van der Waals surface area contributed by atoms with E-state index in [0.717, 1.165) is 16.5 Å². The summed E-state index contributed by atoms with van der Waals surface area (Å²) < 4.78 is 10.9. The molecule has 140 valence electrons. The van der Waals surface area contributed by atoms with Gasteiger partial charge in [-0.1, -0.05) is 48.5 Å². The van der Waals surface area contributed by atoms with Crippen molar-refractivity contribution in [2.45, 2.75) is 20.3 Å². The fourth-order valence-electron chi connectivity index (χ4n) is 3.08. The molecule has 0 saturated heterocycles. The number of furan rings is 1. The quantitative estimate of drug-likeness (QED) is 0.645. The molecule has 1 aromatic heterocycles. The van der Waals surface area contributed by atoms with Crippen LogP contribution in [0.3, 0.4) is 0 Å². The molecule has 27 heavy (non-hydrogen) atoms. The highest BCUT2D eigenvalue weighted by molar-refractivity contribution is 5.99. The lowest BCUT2D eigenvalue weighted by atomic mass is 9.99. The molecule has 1 amide bonds. The van der Waals surface area contributed by atoms with Crippen LogP contribution in [0.1, 0.15) is 28.6 Å². The van der Waals surface area contributed by atoms with Gasteiger partial charge in [-0.05, 0) is 31.9 Å². The third-order valence-electron chi connectivity index (χ3n) is 4.50. The molecule has 0 aliphatic carbocycles. The number of amides is 1. The second kappa shape index (κ2) is 8.54. The van der Waals surface area contributed by atoms with E-state index in [4.69, 9.17) is 9.15 Å². The van der Waals surface area contributed by atoms with Gasteiger partial charge in [-0.3, -0.25) is 9.59 Å². The number of hydrogen-bond acceptors (Lipinski definition) is 4. The summed E-state index contributed by atoms with van der Waals surface area (Å²) in [6.07, 6.45) is 0.499.